The van der Waals surface area contributed by atoms with Crippen molar-refractivity contribution >= 4 is 10.8 Å². The fourth-order valence-corrected chi connectivity index (χ4v) is 9.64. The van der Waals surface area contributed by atoms with Crippen LogP contribution in [0.15, 0.2) is 279 Å². The van der Waals surface area contributed by atoms with E-state index in [2.05, 4.69) is 279 Å². The van der Waals surface area contributed by atoms with Gasteiger partial charge in [-0.3, -0.25) is 0 Å². The van der Waals surface area contributed by atoms with E-state index in [0.29, 0.717) is 5.82 Å². The molecule has 2 nitrogen and oxygen atoms in total. The van der Waals surface area contributed by atoms with Gasteiger partial charge >= 0.3 is 0 Å². The van der Waals surface area contributed by atoms with Crippen molar-refractivity contribution in [2.24, 2.45) is 0 Å². The van der Waals surface area contributed by atoms with Gasteiger partial charge in [0.15, 0.2) is 5.82 Å². The van der Waals surface area contributed by atoms with Gasteiger partial charge in [-0.2, -0.15) is 0 Å². The molecule has 0 bridgehead atoms. The minimum atomic E-state index is 0.672. The van der Waals surface area contributed by atoms with Crippen molar-refractivity contribution in [1.29, 1.82) is 0 Å². The molecule has 12 rings (SSSR count). The van der Waals surface area contributed by atoms with Crippen LogP contribution in [0.3, 0.4) is 0 Å². The minimum absolute atomic E-state index is 0.672. The van der Waals surface area contributed by atoms with Gasteiger partial charge in [0.2, 0.25) is 0 Å². The molecule has 11 aromatic carbocycles. The number of aromatic nitrogens is 2. The Morgan fingerprint density at radius 3 is 1.01 bits per heavy atom. The second-order valence-corrected chi connectivity index (χ2v) is 17.8. The summed E-state index contributed by atoms with van der Waals surface area (Å²) in [5.74, 6) is 0.672. The first-order valence-electron chi connectivity index (χ1n) is 23.9. The van der Waals surface area contributed by atoms with E-state index in [1.807, 2.05) is 0 Å². The predicted octanol–water partition coefficient (Wildman–Crippen LogP) is 18.3. The average molecular weight is 891 g/mol. The van der Waals surface area contributed by atoms with Gasteiger partial charge in [0, 0.05) is 16.7 Å². The first kappa shape index (κ1) is 42.1. The fourth-order valence-electron chi connectivity index (χ4n) is 9.64. The molecule has 12 aromatic rings. The molecule has 0 N–H and O–H groups in total. The third-order valence-corrected chi connectivity index (χ3v) is 13.3. The van der Waals surface area contributed by atoms with Crippen molar-refractivity contribution in [3.63, 3.8) is 0 Å². The summed E-state index contributed by atoms with van der Waals surface area (Å²) in [7, 11) is 0. The summed E-state index contributed by atoms with van der Waals surface area (Å²) in [5, 5.41) is 2.44. The first-order chi connectivity index (χ1) is 34.6. The second-order valence-electron chi connectivity index (χ2n) is 17.8. The lowest BCUT2D eigenvalue weighted by Gasteiger charge is -2.13. The SMILES string of the molecule is c1ccc(-c2cccc(-c3cccc(-c4ccc(-c5cc(-c6cccc(-c7cccc8ccccc78)c6)nc(-c6cccc(-c7cccc(-c8cccc(-c9ccccc9)c8)c7)c6)n5)cc4)c3)c2)cc1. The standard InChI is InChI=1S/C68H46N2/c1-3-16-47(17-4-1)52-22-9-25-55(40-52)57-27-11-24-54(42-57)49-36-38-51(39-37-49)66-46-67(62-32-14-31-61(45-62)65-35-15-21-50-20-7-8-34-64(50)65)70-68(69-66)63-33-13-30-60(44-63)59-29-12-28-58(43-59)56-26-10-23-53(41-56)48-18-5-2-6-19-48/h1-46H. The quantitative estimate of drug-likeness (QED) is 0.137. The van der Waals surface area contributed by atoms with E-state index in [4.69, 9.17) is 9.97 Å². The minimum Gasteiger partial charge on any atom is -0.228 e. The highest BCUT2D eigenvalue weighted by molar-refractivity contribution is 5.97. The van der Waals surface area contributed by atoms with Crippen LogP contribution in [0, 0.1) is 0 Å². The van der Waals surface area contributed by atoms with E-state index in [1.165, 1.54) is 60.8 Å². The lowest BCUT2D eigenvalue weighted by Crippen LogP contribution is -1.96. The molecule has 0 fully saturated rings. The van der Waals surface area contributed by atoms with Crippen LogP contribution in [0.2, 0.25) is 0 Å². The zero-order chi connectivity index (χ0) is 46.6. The number of hydrogen-bond acceptors (Lipinski definition) is 2. The van der Waals surface area contributed by atoms with Crippen molar-refractivity contribution < 1.29 is 0 Å². The summed E-state index contributed by atoms with van der Waals surface area (Å²) in [4.78, 5) is 10.7. The molecule has 0 atom stereocenters. The van der Waals surface area contributed by atoms with Gasteiger partial charge < -0.3 is 0 Å². The van der Waals surface area contributed by atoms with Crippen molar-refractivity contribution in [3.05, 3.63) is 279 Å². The van der Waals surface area contributed by atoms with Crippen LogP contribution >= 0.6 is 0 Å². The highest BCUT2D eigenvalue weighted by Crippen LogP contribution is 2.37. The molecule has 0 saturated heterocycles. The highest BCUT2D eigenvalue weighted by atomic mass is 14.9. The molecule has 0 aliphatic heterocycles. The molecule has 0 aliphatic rings. The summed E-state index contributed by atoms with van der Waals surface area (Å²) in [6.07, 6.45) is 0. The molecule has 0 spiro atoms. The van der Waals surface area contributed by atoms with E-state index >= 15 is 0 Å². The van der Waals surface area contributed by atoms with Crippen molar-refractivity contribution in [2.75, 3.05) is 0 Å². The van der Waals surface area contributed by atoms with Crippen LogP contribution in [0.4, 0.5) is 0 Å². The van der Waals surface area contributed by atoms with Crippen molar-refractivity contribution in [3.8, 4) is 112 Å². The third kappa shape index (κ3) is 8.74. The van der Waals surface area contributed by atoms with Crippen LogP contribution < -0.4 is 0 Å². The summed E-state index contributed by atoms with van der Waals surface area (Å²) in [5.41, 5.74) is 21.1. The largest absolute Gasteiger partial charge is 0.228 e. The molecule has 0 unspecified atom stereocenters. The monoisotopic (exact) mass is 890 g/mol. The molecular weight excluding hydrogens is 845 g/mol. The Hall–Kier alpha value is -9.24. The van der Waals surface area contributed by atoms with Gasteiger partial charge in [-0.1, -0.05) is 237 Å². The van der Waals surface area contributed by atoms with E-state index in [-0.39, 0.29) is 0 Å². The molecular formula is C68H46N2. The maximum absolute atomic E-state index is 5.35. The van der Waals surface area contributed by atoms with Crippen LogP contribution in [0.5, 0.6) is 0 Å². The Morgan fingerprint density at radius 1 is 0.186 bits per heavy atom. The summed E-state index contributed by atoms with van der Waals surface area (Å²) in [6, 6.07) is 99.7. The van der Waals surface area contributed by atoms with Gasteiger partial charge in [0.25, 0.3) is 0 Å². The third-order valence-electron chi connectivity index (χ3n) is 13.3. The normalized spacial score (nSPS) is 11.1. The topological polar surface area (TPSA) is 25.8 Å². The van der Waals surface area contributed by atoms with Gasteiger partial charge in [-0.15, -0.1) is 0 Å². The molecule has 0 amide bonds. The summed E-state index contributed by atoms with van der Waals surface area (Å²) >= 11 is 0. The average Bonchev–Trinajstić information content (AvgIpc) is 3.45. The molecule has 0 aliphatic carbocycles. The Balaban J connectivity index is 0.914. The highest BCUT2D eigenvalue weighted by Gasteiger charge is 2.15. The Bertz CT molecular complexity index is 3810. The molecule has 2 heteroatoms. The fraction of sp³-hybridized carbons (Fsp3) is 0. The summed E-state index contributed by atoms with van der Waals surface area (Å²) < 4.78 is 0. The van der Waals surface area contributed by atoms with Gasteiger partial charge in [0.1, 0.15) is 0 Å². The maximum Gasteiger partial charge on any atom is 0.160 e. The zero-order valence-electron chi connectivity index (χ0n) is 38.5. The lowest BCUT2D eigenvalue weighted by atomic mass is 9.95. The smallest absolute Gasteiger partial charge is 0.160 e. The van der Waals surface area contributed by atoms with E-state index in [1.54, 1.807) is 0 Å². The van der Waals surface area contributed by atoms with Gasteiger partial charge in [-0.05, 0) is 131 Å². The molecule has 328 valence electrons. The Kier molecular flexibility index (Phi) is 11.3. The van der Waals surface area contributed by atoms with Crippen LogP contribution in [0.1, 0.15) is 0 Å². The van der Waals surface area contributed by atoms with Crippen LogP contribution in [0.25, 0.3) is 123 Å². The molecule has 1 aromatic heterocycles. The second kappa shape index (κ2) is 18.8. The molecule has 1 heterocycles. The van der Waals surface area contributed by atoms with Gasteiger partial charge in [-0.25, -0.2) is 9.97 Å². The summed E-state index contributed by atoms with van der Waals surface area (Å²) in [6.45, 7) is 0. The van der Waals surface area contributed by atoms with Crippen molar-refractivity contribution in [1.82, 2.24) is 9.97 Å². The number of hydrogen-bond donors (Lipinski definition) is 0. The van der Waals surface area contributed by atoms with E-state index < -0.39 is 0 Å². The van der Waals surface area contributed by atoms with Crippen LogP contribution in [-0.4, -0.2) is 9.97 Å². The van der Waals surface area contributed by atoms with Crippen molar-refractivity contribution in [2.45, 2.75) is 0 Å². The predicted molar refractivity (Wildman–Crippen MR) is 294 cm³/mol. The van der Waals surface area contributed by atoms with Gasteiger partial charge in [0.05, 0.1) is 11.4 Å². The van der Waals surface area contributed by atoms with E-state index in [0.717, 1.165) is 55.9 Å². The number of fused-ring (bicyclic) bond motifs is 1. The number of rotatable bonds is 10. The number of benzene rings is 11. The first-order valence-corrected chi connectivity index (χ1v) is 23.9. The maximum atomic E-state index is 5.35. The Labute approximate surface area is 409 Å². The molecule has 0 saturated carbocycles. The Morgan fingerprint density at radius 2 is 0.500 bits per heavy atom. The van der Waals surface area contributed by atoms with E-state index in [9.17, 15) is 0 Å². The zero-order valence-corrected chi connectivity index (χ0v) is 38.5. The number of nitrogens with zero attached hydrogens (tertiary/aromatic N) is 2. The molecule has 0 radical (unpaired) electrons. The van der Waals surface area contributed by atoms with Crippen LogP contribution in [-0.2, 0) is 0 Å². The lowest BCUT2D eigenvalue weighted by molar-refractivity contribution is 1.18. The molecule has 70 heavy (non-hydrogen) atoms.